The number of amides is 4. The third-order valence-corrected chi connectivity index (χ3v) is 6.75. The van der Waals surface area contributed by atoms with Gasteiger partial charge in [-0.2, -0.15) is 0 Å². The number of likely N-dealkylation sites (N-methyl/N-ethyl adjacent to an activating group) is 1. The fourth-order valence-corrected chi connectivity index (χ4v) is 4.89. The molecule has 0 fully saturated rings. The van der Waals surface area contributed by atoms with E-state index in [0.29, 0.717) is 30.8 Å². The van der Waals surface area contributed by atoms with Gasteiger partial charge in [0.15, 0.2) is 0 Å². The minimum atomic E-state index is -0.721. The highest BCUT2D eigenvalue weighted by molar-refractivity contribution is 6.03. The maximum Gasteiger partial charge on any atom is 0.322 e. The van der Waals surface area contributed by atoms with Crippen molar-refractivity contribution in [3.63, 3.8) is 0 Å². The Kier molecular flexibility index (Phi) is 8.08. The average molecular weight is 502 g/mol. The Bertz CT molecular complexity index is 1210. The van der Waals surface area contributed by atoms with Crippen LogP contribution in [0.25, 0.3) is 0 Å². The maximum atomic E-state index is 14.1. The highest BCUT2D eigenvalue weighted by Gasteiger charge is 2.46. The zero-order valence-electron chi connectivity index (χ0n) is 21.7. The van der Waals surface area contributed by atoms with Crippen LogP contribution in [-0.4, -0.2) is 78.9 Å². The molecule has 0 bridgehead atoms. The van der Waals surface area contributed by atoms with Gasteiger partial charge in [-0.25, -0.2) is 4.79 Å². The first-order valence-electron chi connectivity index (χ1n) is 12.6. The summed E-state index contributed by atoms with van der Waals surface area (Å²) in [6.45, 7) is 7.37. The summed E-state index contributed by atoms with van der Waals surface area (Å²) in [6, 6.07) is 15.9. The average Bonchev–Trinajstić information content (AvgIpc) is 3.21. The Morgan fingerprint density at radius 2 is 1.95 bits per heavy atom. The monoisotopic (exact) mass is 501 g/mol. The minimum absolute atomic E-state index is 0.177. The van der Waals surface area contributed by atoms with Gasteiger partial charge in [-0.05, 0) is 32.1 Å². The summed E-state index contributed by atoms with van der Waals surface area (Å²) in [5.74, 6) is -0.445. The van der Waals surface area contributed by atoms with Gasteiger partial charge in [-0.1, -0.05) is 66.2 Å². The smallest absolute Gasteiger partial charge is 0.322 e. The number of benzene rings is 2. The fourth-order valence-electron chi connectivity index (χ4n) is 4.89. The van der Waals surface area contributed by atoms with Crippen molar-refractivity contribution in [2.45, 2.75) is 25.4 Å². The Morgan fingerprint density at radius 3 is 2.62 bits per heavy atom. The van der Waals surface area contributed by atoms with Crippen LogP contribution in [0.5, 0.6) is 0 Å². The van der Waals surface area contributed by atoms with Gasteiger partial charge in [0.1, 0.15) is 6.04 Å². The van der Waals surface area contributed by atoms with Crippen molar-refractivity contribution in [2.75, 3.05) is 40.3 Å². The molecule has 194 valence electrons. The minimum Gasteiger partial charge on any atom is -0.353 e. The first kappa shape index (κ1) is 26.2. The zero-order chi connectivity index (χ0) is 26.5. The Labute approximate surface area is 218 Å². The molecule has 4 rings (SSSR count). The van der Waals surface area contributed by atoms with E-state index in [9.17, 15) is 14.4 Å². The number of nitrogens with one attached hydrogen (secondary N) is 2. The molecule has 4 amide bonds. The van der Waals surface area contributed by atoms with E-state index in [1.54, 1.807) is 15.9 Å². The molecular formula is C29H35N5O3. The second-order valence-electron chi connectivity index (χ2n) is 9.79. The molecular weight excluding hydrogens is 466 g/mol. The van der Waals surface area contributed by atoms with Crippen LogP contribution < -0.4 is 10.6 Å². The molecule has 37 heavy (non-hydrogen) atoms. The first-order chi connectivity index (χ1) is 17.8. The van der Waals surface area contributed by atoms with E-state index < -0.39 is 12.1 Å². The number of carbonyl (C=O) groups excluding carboxylic acids is 3. The molecule has 8 nitrogen and oxygen atoms in total. The summed E-state index contributed by atoms with van der Waals surface area (Å²) in [5, 5.41) is 6.01. The summed E-state index contributed by atoms with van der Waals surface area (Å²) < 4.78 is 0. The molecule has 2 atom stereocenters. The quantitative estimate of drug-likeness (QED) is 0.490. The summed E-state index contributed by atoms with van der Waals surface area (Å²) >= 11 is 0. The Hall–Kier alpha value is -3.91. The van der Waals surface area contributed by atoms with E-state index in [0.717, 1.165) is 16.7 Å². The SMILES string of the molecule is C=CCN1C(=O)N[C@H](c2cccc(C)c2)C2=C1CN([C@H](Cc1ccccc1)C(=O)NCCN(C)C)C2=O. The predicted octanol–water partition coefficient (Wildman–Crippen LogP) is 2.63. The molecule has 2 aromatic carbocycles. The Morgan fingerprint density at radius 1 is 1.19 bits per heavy atom. The number of hydrogen-bond donors (Lipinski definition) is 2. The molecule has 0 spiro atoms. The lowest BCUT2D eigenvalue weighted by molar-refractivity contribution is -0.136. The molecule has 0 aromatic heterocycles. The van der Waals surface area contributed by atoms with Crippen molar-refractivity contribution < 1.29 is 14.4 Å². The summed E-state index contributed by atoms with van der Waals surface area (Å²) in [7, 11) is 3.89. The van der Waals surface area contributed by atoms with Crippen molar-refractivity contribution in [2.24, 2.45) is 0 Å². The van der Waals surface area contributed by atoms with Gasteiger partial charge >= 0.3 is 6.03 Å². The predicted molar refractivity (Wildman–Crippen MR) is 144 cm³/mol. The van der Waals surface area contributed by atoms with Gasteiger partial charge in [-0.15, -0.1) is 6.58 Å². The van der Waals surface area contributed by atoms with Gasteiger partial charge in [0, 0.05) is 26.1 Å². The van der Waals surface area contributed by atoms with Crippen LogP contribution in [-0.2, 0) is 16.0 Å². The number of carbonyl (C=O) groups is 3. The van der Waals surface area contributed by atoms with E-state index in [4.69, 9.17) is 0 Å². The summed E-state index contributed by atoms with van der Waals surface area (Å²) in [6.07, 6.45) is 2.01. The number of nitrogens with zero attached hydrogens (tertiary/aromatic N) is 3. The van der Waals surface area contributed by atoms with Crippen LogP contribution >= 0.6 is 0 Å². The van der Waals surface area contributed by atoms with Crippen LogP contribution in [0.1, 0.15) is 22.7 Å². The largest absolute Gasteiger partial charge is 0.353 e. The number of urea groups is 1. The van der Waals surface area contributed by atoms with Gasteiger partial charge in [0.05, 0.1) is 23.9 Å². The Balaban J connectivity index is 1.70. The second kappa shape index (κ2) is 11.4. The van der Waals surface area contributed by atoms with Crippen molar-refractivity contribution in [3.05, 3.63) is 95.2 Å². The third-order valence-electron chi connectivity index (χ3n) is 6.75. The lowest BCUT2D eigenvalue weighted by Crippen LogP contribution is -2.50. The maximum absolute atomic E-state index is 14.1. The molecule has 0 saturated heterocycles. The van der Waals surface area contributed by atoms with E-state index in [2.05, 4.69) is 17.2 Å². The van der Waals surface area contributed by atoms with E-state index in [1.165, 1.54) is 0 Å². The fraction of sp³-hybridized carbons (Fsp3) is 0.345. The van der Waals surface area contributed by atoms with E-state index >= 15 is 0 Å². The number of aryl methyl sites for hydroxylation is 1. The third kappa shape index (κ3) is 5.75. The highest BCUT2D eigenvalue weighted by Crippen LogP contribution is 2.37. The molecule has 8 heteroatoms. The van der Waals surface area contributed by atoms with Crippen LogP contribution in [0.4, 0.5) is 4.79 Å². The summed E-state index contributed by atoms with van der Waals surface area (Å²) in [4.78, 5) is 45.8. The van der Waals surface area contributed by atoms with Crippen molar-refractivity contribution in [3.8, 4) is 0 Å². The van der Waals surface area contributed by atoms with Crippen molar-refractivity contribution >= 4 is 17.8 Å². The van der Waals surface area contributed by atoms with Gasteiger partial charge in [0.2, 0.25) is 5.91 Å². The molecule has 0 aliphatic carbocycles. The van der Waals surface area contributed by atoms with Gasteiger partial charge in [0.25, 0.3) is 5.91 Å². The van der Waals surface area contributed by atoms with Crippen molar-refractivity contribution in [1.29, 1.82) is 0 Å². The van der Waals surface area contributed by atoms with Gasteiger partial charge in [-0.3, -0.25) is 14.5 Å². The van der Waals surface area contributed by atoms with Crippen LogP contribution in [0.3, 0.4) is 0 Å². The lowest BCUT2D eigenvalue weighted by Gasteiger charge is -2.33. The van der Waals surface area contributed by atoms with Crippen LogP contribution in [0.2, 0.25) is 0 Å². The molecule has 2 N–H and O–H groups in total. The molecule has 2 aliphatic heterocycles. The molecule has 0 saturated carbocycles. The van der Waals surface area contributed by atoms with E-state index in [1.807, 2.05) is 80.5 Å². The zero-order valence-corrected chi connectivity index (χ0v) is 21.7. The van der Waals surface area contributed by atoms with E-state index in [-0.39, 0.29) is 30.9 Å². The molecule has 0 radical (unpaired) electrons. The van der Waals surface area contributed by atoms with Crippen LogP contribution in [0.15, 0.2) is 78.5 Å². The van der Waals surface area contributed by atoms with Gasteiger partial charge < -0.3 is 20.4 Å². The summed E-state index contributed by atoms with van der Waals surface area (Å²) in [5.41, 5.74) is 3.96. The normalized spacial score (nSPS) is 18.1. The van der Waals surface area contributed by atoms with Crippen LogP contribution in [0, 0.1) is 6.92 Å². The standard InChI is InChI=1S/C29H35N5O3/c1-5-15-33-24-19-34(23(18-21-11-7-6-8-12-21)27(35)30-14-16-32(3)4)28(36)25(24)26(31-29(33)37)22-13-9-10-20(2)17-22/h5-13,17,23,26H,1,14-16,18-19H2,2-4H3,(H,30,35)(H,31,37)/t23-,26-/m1/s1. The first-order valence-corrected chi connectivity index (χ1v) is 12.6. The molecule has 0 unspecified atom stereocenters. The number of hydrogen-bond acceptors (Lipinski definition) is 4. The molecule has 2 aliphatic rings. The number of rotatable bonds is 10. The molecule has 2 heterocycles. The highest BCUT2D eigenvalue weighted by atomic mass is 16.2. The van der Waals surface area contributed by atoms with Crippen molar-refractivity contribution in [1.82, 2.24) is 25.3 Å². The lowest BCUT2D eigenvalue weighted by atomic mass is 9.94. The topological polar surface area (TPSA) is 85.0 Å². The molecule has 2 aromatic rings. The second-order valence-corrected chi connectivity index (χ2v) is 9.79.